The van der Waals surface area contributed by atoms with Crippen LogP contribution in [0.1, 0.15) is 22.3 Å². The Morgan fingerprint density at radius 1 is 0.679 bits per heavy atom. The molecule has 0 atom stereocenters. The van der Waals surface area contributed by atoms with Gasteiger partial charge in [-0.3, -0.25) is 0 Å². The standard InChI is InChI=1S/C26H23NO/c1-14-9-10-18-20(13-14)26(28)24(22-16(3)11-15(2)12-17(22)4)23-19-7-5-6-8-21(19)27-25(18)23/h5-13,27-28H,1-4H3. The molecule has 0 aliphatic carbocycles. The van der Waals surface area contributed by atoms with Gasteiger partial charge in [0.1, 0.15) is 5.75 Å². The van der Waals surface area contributed by atoms with E-state index in [1.807, 2.05) is 6.07 Å². The molecule has 2 N–H and O–H groups in total. The lowest BCUT2D eigenvalue weighted by molar-refractivity contribution is 0.484. The number of phenols is 1. The highest BCUT2D eigenvalue weighted by Crippen LogP contribution is 2.47. The van der Waals surface area contributed by atoms with Gasteiger partial charge < -0.3 is 10.1 Å². The van der Waals surface area contributed by atoms with Gasteiger partial charge in [-0.25, -0.2) is 0 Å². The fraction of sp³-hybridized carbons (Fsp3) is 0.154. The second-order valence-corrected chi connectivity index (χ2v) is 7.97. The molecule has 0 unspecified atom stereocenters. The van der Waals surface area contributed by atoms with Crippen molar-refractivity contribution in [2.45, 2.75) is 27.7 Å². The van der Waals surface area contributed by atoms with Crippen molar-refractivity contribution >= 4 is 32.6 Å². The van der Waals surface area contributed by atoms with Crippen LogP contribution in [0.25, 0.3) is 43.7 Å². The number of para-hydroxylation sites is 1. The second-order valence-electron chi connectivity index (χ2n) is 7.97. The van der Waals surface area contributed by atoms with Crippen LogP contribution in [-0.2, 0) is 0 Å². The normalized spacial score (nSPS) is 11.7. The Hall–Kier alpha value is -3.26. The first kappa shape index (κ1) is 16.9. The molecule has 0 fully saturated rings. The number of aromatic amines is 1. The fourth-order valence-electron chi connectivity index (χ4n) is 4.75. The average Bonchev–Trinajstić information content (AvgIpc) is 3.03. The zero-order valence-corrected chi connectivity index (χ0v) is 16.6. The molecule has 4 aromatic carbocycles. The van der Waals surface area contributed by atoms with E-state index in [1.165, 1.54) is 16.7 Å². The first-order valence-corrected chi connectivity index (χ1v) is 9.69. The summed E-state index contributed by atoms with van der Waals surface area (Å²) < 4.78 is 0. The van der Waals surface area contributed by atoms with E-state index in [2.05, 4.69) is 81.2 Å². The van der Waals surface area contributed by atoms with Crippen molar-refractivity contribution in [1.82, 2.24) is 4.98 Å². The molecule has 0 bridgehead atoms. The molecule has 2 nitrogen and oxygen atoms in total. The third-order valence-electron chi connectivity index (χ3n) is 5.82. The van der Waals surface area contributed by atoms with E-state index < -0.39 is 0 Å². The molecule has 0 aliphatic heterocycles. The summed E-state index contributed by atoms with van der Waals surface area (Å²) >= 11 is 0. The maximum atomic E-state index is 11.5. The van der Waals surface area contributed by atoms with E-state index in [1.54, 1.807) is 0 Å². The van der Waals surface area contributed by atoms with Gasteiger partial charge in [0.2, 0.25) is 0 Å². The van der Waals surface area contributed by atoms with Gasteiger partial charge in [0.05, 0.1) is 5.52 Å². The third-order valence-corrected chi connectivity index (χ3v) is 5.82. The lowest BCUT2D eigenvalue weighted by atomic mass is 9.88. The number of H-pyrrole nitrogens is 1. The lowest BCUT2D eigenvalue weighted by Crippen LogP contribution is -1.93. The van der Waals surface area contributed by atoms with Gasteiger partial charge in [0.15, 0.2) is 0 Å². The number of hydrogen-bond donors (Lipinski definition) is 2. The molecule has 0 saturated carbocycles. The Morgan fingerprint density at radius 3 is 2.14 bits per heavy atom. The van der Waals surface area contributed by atoms with Crippen molar-refractivity contribution in [3.63, 3.8) is 0 Å². The Morgan fingerprint density at radius 2 is 1.39 bits per heavy atom. The third kappa shape index (κ3) is 2.27. The summed E-state index contributed by atoms with van der Waals surface area (Å²) in [6.07, 6.45) is 0. The summed E-state index contributed by atoms with van der Waals surface area (Å²) in [6, 6.07) is 19.0. The van der Waals surface area contributed by atoms with E-state index in [4.69, 9.17) is 0 Å². The smallest absolute Gasteiger partial charge is 0.132 e. The van der Waals surface area contributed by atoms with Crippen molar-refractivity contribution in [2.24, 2.45) is 0 Å². The minimum atomic E-state index is 0.367. The number of aromatic nitrogens is 1. The van der Waals surface area contributed by atoms with Crippen LogP contribution in [0.4, 0.5) is 0 Å². The van der Waals surface area contributed by atoms with Gasteiger partial charge in [-0.2, -0.15) is 0 Å². The molecule has 2 heteroatoms. The van der Waals surface area contributed by atoms with Gasteiger partial charge in [0, 0.05) is 32.6 Å². The van der Waals surface area contributed by atoms with Crippen LogP contribution in [0.3, 0.4) is 0 Å². The molecule has 5 rings (SSSR count). The number of nitrogens with one attached hydrogen (secondary N) is 1. The van der Waals surface area contributed by atoms with E-state index in [0.717, 1.165) is 49.3 Å². The van der Waals surface area contributed by atoms with Crippen LogP contribution in [0, 0.1) is 27.7 Å². The van der Waals surface area contributed by atoms with Crippen LogP contribution in [0.15, 0.2) is 54.6 Å². The molecular weight excluding hydrogens is 342 g/mol. The molecular formula is C26H23NO. The average molecular weight is 365 g/mol. The summed E-state index contributed by atoms with van der Waals surface area (Å²) in [5, 5.41) is 15.7. The summed E-state index contributed by atoms with van der Waals surface area (Å²) in [7, 11) is 0. The summed E-state index contributed by atoms with van der Waals surface area (Å²) in [6.45, 7) is 8.46. The molecule has 5 aromatic rings. The zero-order chi connectivity index (χ0) is 19.6. The van der Waals surface area contributed by atoms with E-state index in [0.29, 0.717) is 5.75 Å². The largest absolute Gasteiger partial charge is 0.507 e. The summed E-state index contributed by atoms with van der Waals surface area (Å²) in [5.41, 5.74) is 8.99. The minimum absolute atomic E-state index is 0.367. The predicted molar refractivity (Wildman–Crippen MR) is 119 cm³/mol. The van der Waals surface area contributed by atoms with Gasteiger partial charge in [-0.15, -0.1) is 0 Å². The van der Waals surface area contributed by atoms with Crippen LogP contribution < -0.4 is 0 Å². The number of aromatic hydroxyl groups is 1. The topological polar surface area (TPSA) is 36.0 Å². The SMILES string of the molecule is Cc1cc(C)c(-c2c(O)c3cc(C)ccc3c3[nH]c4ccccc4c23)c(C)c1. The maximum absolute atomic E-state index is 11.5. The van der Waals surface area contributed by atoms with Crippen LogP contribution in [0.5, 0.6) is 5.75 Å². The maximum Gasteiger partial charge on any atom is 0.132 e. The monoisotopic (exact) mass is 365 g/mol. The van der Waals surface area contributed by atoms with Crippen molar-refractivity contribution in [3.8, 4) is 16.9 Å². The highest BCUT2D eigenvalue weighted by molar-refractivity contribution is 6.25. The van der Waals surface area contributed by atoms with Crippen molar-refractivity contribution in [2.75, 3.05) is 0 Å². The predicted octanol–water partition coefficient (Wildman–Crippen LogP) is 7.08. The van der Waals surface area contributed by atoms with Crippen LogP contribution in [-0.4, -0.2) is 10.1 Å². The number of fused-ring (bicyclic) bond motifs is 5. The first-order valence-electron chi connectivity index (χ1n) is 9.69. The Bertz CT molecular complexity index is 1380. The number of hydrogen-bond acceptors (Lipinski definition) is 1. The van der Waals surface area contributed by atoms with Crippen LogP contribution in [0.2, 0.25) is 0 Å². The van der Waals surface area contributed by atoms with Gasteiger partial charge in [-0.05, 0) is 56.5 Å². The van der Waals surface area contributed by atoms with Crippen molar-refractivity contribution in [1.29, 1.82) is 0 Å². The Labute approximate surface area is 164 Å². The molecule has 28 heavy (non-hydrogen) atoms. The fourth-order valence-corrected chi connectivity index (χ4v) is 4.75. The van der Waals surface area contributed by atoms with E-state index in [-0.39, 0.29) is 0 Å². The summed E-state index contributed by atoms with van der Waals surface area (Å²) in [4.78, 5) is 3.62. The van der Waals surface area contributed by atoms with Gasteiger partial charge in [0.25, 0.3) is 0 Å². The van der Waals surface area contributed by atoms with Gasteiger partial charge >= 0.3 is 0 Å². The number of phenolic OH excluding ortho intramolecular Hbond substituents is 1. The van der Waals surface area contributed by atoms with Crippen LogP contribution >= 0.6 is 0 Å². The first-order chi connectivity index (χ1) is 13.5. The molecule has 0 radical (unpaired) electrons. The molecule has 1 heterocycles. The highest BCUT2D eigenvalue weighted by atomic mass is 16.3. The van der Waals surface area contributed by atoms with Gasteiger partial charge in [-0.1, -0.05) is 53.6 Å². The zero-order valence-electron chi connectivity index (χ0n) is 16.6. The Kier molecular flexibility index (Phi) is 3.54. The minimum Gasteiger partial charge on any atom is -0.507 e. The molecule has 0 saturated heterocycles. The van der Waals surface area contributed by atoms with E-state index in [9.17, 15) is 5.11 Å². The molecule has 0 aliphatic rings. The number of benzene rings is 4. The van der Waals surface area contributed by atoms with Crippen molar-refractivity contribution in [3.05, 3.63) is 76.9 Å². The Balaban J connectivity index is 2.10. The summed E-state index contributed by atoms with van der Waals surface area (Å²) in [5.74, 6) is 0.367. The molecule has 0 amide bonds. The van der Waals surface area contributed by atoms with Crippen molar-refractivity contribution < 1.29 is 5.11 Å². The second kappa shape index (κ2) is 5.87. The molecule has 0 spiro atoms. The highest BCUT2D eigenvalue weighted by Gasteiger charge is 2.21. The molecule has 138 valence electrons. The number of aryl methyl sites for hydroxylation is 4. The lowest BCUT2D eigenvalue weighted by Gasteiger charge is -2.17. The van der Waals surface area contributed by atoms with E-state index >= 15 is 0 Å². The number of rotatable bonds is 1. The molecule has 1 aromatic heterocycles. The quantitative estimate of drug-likeness (QED) is 0.327.